The number of benzene rings is 1. The van der Waals surface area contributed by atoms with Crippen molar-refractivity contribution in [1.82, 2.24) is 4.90 Å². The molecular weight excluding hydrogens is 262 g/mol. The number of nitrogens with zero attached hydrogens (tertiary/aromatic N) is 1. The molecule has 1 aromatic rings. The van der Waals surface area contributed by atoms with Gasteiger partial charge in [-0.15, -0.1) is 0 Å². The van der Waals surface area contributed by atoms with Gasteiger partial charge in [0.25, 0.3) is 0 Å². The average Bonchev–Trinajstić information content (AvgIpc) is 2.54. The Bertz CT molecular complexity index is 540. The van der Waals surface area contributed by atoms with Crippen molar-refractivity contribution in [2.24, 2.45) is 5.92 Å². The highest BCUT2D eigenvalue weighted by Crippen LogP contribution is 2.48. The lowest BCUT2D eigenvalue weighted by atomic mass is 9.66. The number of fused-ring (bicyclic) bond motifs is 2. The van der Waals surface area contributed by atoms with Gasteiger partial charge in [-0.05, 0) is 74.4 Å². The monoisotopic (exact) mass is 287 g/mol. The number of rotatable bonds is 2. The van der Waals surface area contributed by atoms with Crippen molar-refractivity contribution >= 4 is 0 Å². The van der Waals surface area contributed by atoms with Crippen LogP contribution in [0.3, 0.4) is 0 Å². The molecule has 4 rings (SSSR count). The molecule has 0 bridgehead atoms. The maximum absolute atomic E-state index is 5.54. The first-order chi connectivity index (χ1) is 10.3. The molecule has 2 fully saturated rings. The van der Waals surface area contributed by atoms with Crippen molar-refractivity contribution in [2.45, 2.75) is 44.1 Å². The highest BCUT2D eigenvalue weighted by Gasteiger charge is 2.44. The number of ether oxygens (including phenoxy) is 2. The molecule has 3 unspecified atom stereocenters. The minimum Gasteiger partial charge on any atom is -0.493 e. The van der Waals surface area contributed by atoms with Gasteiger partial charge >= 0.3 is 0 Å². The fourth-order valence-electron chi connectivity index (χ4n) is 5.01. The lowest BCUT2D eigenvalue weighted by Gasteiger charge is -2.52. The Kier molecular flexibility index (Phi) is 3.33. The summed E-state index contributed by atoms with van der Waals surface area (Å²) in [7, 11) is 3.47. The Labute approximate surface area is 127 Å². The minimum atomic E-state index is 0.701. The summed E-state index contributed by atoms with van der Waals surface area (Å²) in [6.45, 7) is 2.61. The van der Waals surface area contributed by atoms with Crippen LogP contribution in [-0.2, 0) is 6.42 Å². The summed E-state index contributed by atoms with van der Waals surface area (Å²) < 4.78 is 11.0. The van der Waals surface area contributed by atoms with Crippen molar-refractivity contribution in [3.63, 3.8) is 0 Å². The molecule has 21 heavy (non-hydrogen) atoms. The molecule has 0 saturated carbocycles. The van der Waals surface area contributed by atoms with E-state index in [1.165, 1.54) is 56.3 Å². The van der Waals surface area contributed by atoms with Gasteiger partial charge in [-0.1, -0.05) is 0 Å². The Hall–Kier alpha value is -1.22. The van der Waals surface area contributed by atoms with Crippen LogP contribution in [0.25, 0.3) is 0 Å². The maximum atomic E-state index is 5.54. The van der Waals surface area contributed by atoms with Gasteiger partial charge in [-0.3, -0.25) is 4.90 Å². The van der Waals surface area contributed by atoms with Crippen LogP contribution in [-0.4, -0.2) is 38.3 Å². The van der Waals surface area contributed by atoms with Crippen LogP contribution in [0.5, 0.6) is 11.5 Å². The summed E-state index contributed by atoms with van der Waals surface area (Å²) >= 11 is 0. The van der Waals surface area contributed by atoms with E-state index in [1.807, 2.05) is 0 Å². The van der Waals surface area contributed by atoms with Crippen molar-refractivity contribution in [1.29, 1.82) is 0 Å². The largest absolute Gasteiger partial charge is 0.493 e. The first kappa shape index (κ1) is 13.4. The van der Waals surface area contributed by atoms with Gasteiger partial charge in [0.15, 0.2) is 11.5 Å². The second-order valence-corrected chi connectivity index (χ2v) is 6.79. The van der Waals surface area contributed by atoms with Gasteiger partial charge < -0.3 is 9.47 Å². The average molecular weight is 287 g/mol. The van der Waals surface area contributed by atoms with Gasteiger partial charge in [0, 0.05) is 12.0 Å². The minimum absolute atomic E-state index is 0.701. The number of hydrogen-bond acceptors (Lipinski definition) is 3. The van der Waals surface area contributed by atoms with Crippen LogP contribution < -0.4 is 9.47 Å². The molecule has 0 N–H and O–H groups in total. The van der Waals surface area contributed by atoms with Crippen molar-refractivity contribution in [3.8, 4) is 11.5 Å². The molecule has 1 aromatic carbocycles. The fraction of sp³-hybridized carbons (Fsp3) is 0.667. The van der Waals surface area contributed by atoms with Gasteiger partial charge in [0.05, 0.1) is 14.2 Å². The lowest BCUT2D eigenvalue weighted by molar-refractivity contribution is 0.0348. The SMILES string of the molecule is COc1cc2c(cc1OC)C1CCCN3CCCC(C2)C13. The first-order valence-electron chi connectivity index (χ1n) is 8.30. The van der Waals surface area contributed by atoms with E-state index in [-0.39, 0.29) is 0 Å². The van der Waals surface area contributed by atoms with E-state index in [9.17, 15) is 0 Å². The zero-order valence-electron chi connectivity index (χ0n) is 13.1. The predicted octanol–water partition coefficient (Wildman–Crippen LogP) is 3.22. The van der Waals surface area contributed by atoms with E-state index >= 15 is 0 Å². The molecule has 3 atom stereocenters. The van der Waals surface area contributed by atoms with Crippen molar-refractivity contribution in [3.05, 3.63) is 23.3 Å². The Morgan fingerprint density at radius 2 is 1.71 bits per heavy atom. The van der Waals surface area contributed by atoms with E-state index in [0.717, 1.165) is 23.5 Å². The predicted molar refractivity (Wildman–Crippen MR) is 83.3 cm³/mol. The summed E-state index contributed by atoms with van der Waals surface area (Å²) in [4.78, 5) is 2.77. The van der Waals surface area contributed by atoms with E-state index in [0.29, 0.717) is 5.92 Å². The third-order valence-corrected chi connectivity index (χ3v) is 5.82. The summed E-state index contributed by atoms with van der Waals surface area (Å²) in [6.07, 6.45) is 6.65. The molecular formula is C18H25NO2. The van der Waals surface area contributed by atoms with E-state index in [2.05, 4.69) is 17.0 Å². The molecule has 3 nitrogen and oxygen atoms in total. The Morgan fingerprint density at radius 1 is 1.00 bits per heavy atom. The van der Waals surface area contributed by atoms with Gasteiger partial charge in [-0.2, -0.15) is 0 Å². The summed E-state index contributed by atoms with van der Waals surface area (Å²) in [5.74, 6) is 3.32. The van der Waals surface area contributed by atoms with Crippen LogP contribution in [0.1, 0.15) is 42.7 Å². The third kappa shape index (κ3) is 2.05. The van der Waals surface area contributed by atoms with Crippen LogP contribution in [0.2, 0.25) is 0 Å². The van der Waals surface area contributed by atoms with Gasteiger partial charge in [0.2, 0.25) is 0 Å². The quantitative estimate of drug-likeness (QED) is 0.833. The number of hydrogen-bond donors (Lipinski definition) is 0. The third-order valence-electron chi connectivity index (χ3n) is 5.82. The molecule has 1 aliphatic carbocycles. The second kappa shape index (κ2) is 5.20. The van der Waals surface area contributed by atoms with E-state index < -0.39 is 0 Å². The summed E-state index contributed by atoms with van der Waals surface area (Å²) in [6, 6.07) is 5.27. The summed E-state index contributed by atoms with van der Waals surface area (Å²) in [5.41, 5.74) is 3.03. The topological polar surface area (TPSA) is 21.7 Å². The number of methoxy groups -OCH3 is 2. The second-order valence-electron chi connectivity index (χ2n) is 6.79. The zero-order chi connectivity index (χ0) is 14.4. The summed E-state index contributed by atoms with van der Waals surface area (Å²) in [5, 5.41) is 0. The molecule has 0 amide bonds. The van der Waals surface area contributed by atoms with Crippen molar-refractivity contribution in [2.75, 3.05) is 27.3 Å². The van der Waals surface area contributed by atoms with Gasteiger partial charge in [-0.25, -0.2) is 0 Å². The number of piperidine rings is 2. The van der Waals surface area contributed by atoms with E-state index in [1.54, 1.807) is 14.2 Å². The zero-order valence-corrected chi connectivity index (χ0v) is 13.1. The molecule has 2 heterocycles. The van der Waals surface area contributed by atoms with Crippen molar-refractivity contribution < 1.29 is 9.47 Å². The van der Waals surface area contributed by atoms with Crippen LogP contribution in [0.4, 0.5) is 0 Å². The highest BCUT2D eigenvalue weighted by molar-refractivity contribution is 5.50. The van der Waals surface area contributed by atoms with Crippen LogP contribution >= 0.6 is 0 Å². The normalized spacial score (nSPS) is 31.2. The first-order valence-corrected chi connectivity index (χ1v) is 8.30. The highest BCUT2D eigenvalue weighted by atomic mass is 16.5. The molecule has 2 aliphatic heterocycles. The smallest absolute Gasteiger partial charge is 0.161 e. The maximum Gasteiger partial charge on any atom is 0.161 e. The lowest BCUT2D eigenvalue weighted by Crippen LogP contribution is -2.54. The van der Waals surface area contributed by atoms with Gasteiger partial charge in [0.1, 0.15) is 0 Å². The fourth-order valence-corrected chi connectivity index (χ4v) is 5.01. The molecule has 3 heteroatoms. The molecule has 2 saturated heterocycles. The van der Waals surface area contributed by atoms with Crippen LogP contribution in [0.15, 0.2) is 12.1 Å². The Balaban J connectivity index is 1.79. The molecule has 114 valence electrons. The molecule has 0 spiro atoms. The molecule has 0 aromatic heterocycles. The molecule has 3 aliphatic rings. The standard InChI is InChI=1S/C18H25NO2/c1-20-16-10-13-9-12-5-3-7-19-8-4-6-14(18(12)19)15(13)11-17(16)21-2/h10-12,14,18H,3-9H2,1-2H3. The van der Waals surface area contributed by atoms with E-state index in [4.69, 9.17) is 9.47 Å². The molecule has 0 radical (unpaired) electrons. The van der Waals surface area contributed by atoms with Crippen LogP contribution in [0, 0.1) is 5.92 Å². The Morgan fingerprint density at radius 3 is 2.48 bits per heavy atom.